The maximum atomic E-state index is 12.4. The second-order valence-corrected chi connectivity index (χ2v) is 8.16. The van der Waals surface area contributed by atoms with Crippen LogP contribution in [0.25, 0.3) is 0 Å². The van der Waals surface area contributed by atoms with Gasteiger partial charge in [-0.05, 0) is 69.3 Å². The van der Waals surface area contributed by atoms with Crippen LogP contribution in [0.1, 0.15) is 56.1 Å². The van der Waals surface area contributed by atoms with Crippen LogP contribution in [0.2, 0.25) is 0 Å². The molecule has 0 radical (unpaired) electrons. The Morgan fingerprint density at radius 1 is 0.900 bits per heavy atom. The topological polar surface area (TPSA) is 70.7 Å². The van der Waals surface area contributed by atoms with Crippen molar-refractivity contribution in [2.75, 3.05) is 18.4 Å². The first-order valence-electron chi connectivity index (χ1n) is 10.4. The molecule has 2 amide bonds. The predicted molar refractivity (Wildman–Crippen MR) is 121 cm³/mol. The highest BCUT2D eigenvalue weighted by Gasteiger charge is 2.16. The van der Waals surface area contributed by atoms with Gasteiger partial charge in [-0.2, -0.15) is 0 Å². The number of carbonyl (C=O) groups excluding carboxylic acids is 2. The molecule has 0 aliphatic heterocycles. The minimum Gasteiger partial charge on any atom is -0.444 e. The molecule has 0 fully saturated rings. The molecule has 2 aromatic rings. The molecule has 6 heteroatoms. The van der Waals surface area contributed by atoms with E-state index in [0.717, 1.165) is 25.2 Å². The average Bonchev–Trinajstić information content (AvgIpc) is 2.70. The standard InChI is InChI=1S/C24H33N3O3/c1-6-27(7-2)17-19-10-8-18(9-11-19)16-25-22(28)20-12-14-21(15-13-20)26-23(29)30-24(3,4)5/h8-15H,6-7,16-17H2,1-5H3,(H,25,28)(H,26,29). The summed E-state index contributed by atoms with van der Waals surface area (Å²) in [6.45, 7) is 13.2. The van der Waals surface area contributed by atoms with E-state index in [1.807, 2.05) is 12.1 Å². The number of benzene rings is 2. The Kier molecular flexibility index (Phi) is 8.42. The van der Waals surface area contributed by atoms with Crippen molar-refractivity contribution in [1.29, 1.82) is 0 Å². The lowest BCUT2D eigenvalue weighted by molar-refractivity contribution is 0.0635. The van der Waals surface area contributed by atoms with Crippen molar-refractivity contribution >= 4 is 17.7 Å². The summed E-state index contributed by atoms with van der Waals surface area (Å²) in [5.74, 6) is -0.161. The molecule has 0 heterocycles. The van der Waals surface area contributed by atoms with Gasteiger partial charge >= 0.3 is 6.09 Å². The molecule has 0 saturated carbocycles. The number of amides is 2. The van der Waals surface area contributed by atoms with Gasteiger partial charge in [-0.3, -0.25) is 15.0 Å². The van der Waals surface area contributed by atoms with Crippen molar-refractivity contribution in [3.8, 4) is 0 Å². The first kappa shape index (κ1) is 23.4. The molecule has 0 aliphatic rings. The number of nitrogens with one attached hydrogen (secondary N) is 2. The average molecular weight is 412 g/mol. The molecule has 162 valence electrons. The zero-order chi connectivity index (χ0) is 22.1. The maximum Gasteiger partial charge on any atom is 0.412 e. The molecule has 6 nitrogen and oxygen atoms in total. The van der Waals surface area contributed by atoms with Crippen LogP contribution in [0, 0.1) is 0 Å². The Hall–Kier alpha value is -2.86. The van der Waals surface area contributed by atoms with E-state index in [1.54, 1.807) is 45.0 Å². The van der Waals surface area contributed by atoms with E-state index in [-0.39, 0.29) is 5.91 Å². The van der Waals surface area contributed by atoms with Crippen LogP contribution in [0.4, 0.5) is 10.5 Å². The first-order chi connectivity index (χ1) is 14.2. The molecule has 0 spiro atoms. The van der Waals surface area contributed by atoms with Crippen molar-refractivity contribution < 1.29 is 14.3 Å². The Balaban J connectivity index is 1.85. The zero-order valence-electron chi connectivity index (χ0n) is 18.6. The van der Waals surface area contributed by atoms with Gasteiger partial charge in [0.25, 0.3) is 5.91 Å². The third kappa shape index (κ3) is 7.87. The minimum absolute atomic E-state index is 0.161. The second-order valence-electron chi connectivity index (χ2n) is 8.16. The summed E-state index contributed by atoms with van der Waals surface area (Å²) in [7, 11) is 0. The van der Waals surface area contributed by atoms with Crippen LogP contribution in [0.15, 0.2) is 48.5 Å². The highest BCUT2D eigenvalue weighted by Crippen LogP contribution is 2.13. The van der Waals surface area contributed by atoms with Crippen LogP contribution >= 0.6 is 0 Å². The van der Waals surface area contributed by atoms with Crippen molar-refractivity contribution in [2.45, 2.75) is 53.3 Å². The fraction of sp³-hybridized carbons (Fsp3) is 0.417. The number of hydrogen-bond acceptors (Lipinski definition) is 4. The van der Waals surface area contributed by atoms with Gasteiger partial charge in [-0.1, -0.05) is 38.1 Å². The van der Waals surface area contributed by atoms with Gasteiger partial charge in [0.05, 0.1) is 0 Å². The second kappa shape index (κ2) is 10.8. The van der Waals surface area contributed by atoms with Gasteiger partial charge in [0.15, 0.2) is 0 Å². The van der Waals surface area contributed by atoms with E-state index in [9.17, 15) is 9.59 Å². The molecule has 2 aromatic carbocycles. The fourth-order valence-electron chi connectivity index (χ4n) is 2.88. The monoisotopic (exact) mass is 411 g/mol. The molecule has 2 rings (SSSR count). The largest absolute Gasteiger partial charge is 0.444 e. The lowest BCUT2D eigenvalue weighted by Gasteiger charge is -2.19. The van der Waals surface area contributed by atoms with E-state index in [0.29, 0.717) is 17.8 Å². The molecule has 0 atom stereocenters. The highest BCUT2D eigenvalue weighted by molar-refractivity contribution is 5.95. The third-order valence-electron chi connectivity index (χ3n) is 4.57. The molecule has 30 heavy (non-hydrogen) atoms. The summed E-state index contributed by atoms with van der Waals surface area (Å²) in [4.78, 5) is 26.6. The van der Waals surface area contributed by atoms with Gasteiger partial charge in [-0.25, -0.2) is 4.79 Å². The minimum atomic E-state index is -0.562. The summed E-state index contributed by atoms with van der Waals surface area (Å²) in [5, 5.41) is 5.58. The smallest absolute Gasteiger partial charge is 0.412 e. The fourth-order valence-corrected chi connectivity index (χ4v) is 2.88. The van der Waals surface area contributed by atoms with Crippen molar-refractivity contribution in [1.82, 2.24) is 10.2 Å². The molecule has 2 N–H and O–H groups in total. The van der Waals surface area contributed by atoms with E-state index in [4.69, 9.17) is 4.74 Å². The number of ether oxygens (including phenoxy) is 1. The molecule has 0 unspecified atom stereocenters. The van der Waals surface area contributed by atoms with Crippen LogP contribution < -0.4 is 10.6 Å². The van der Waals surface area contributed by atoms with Gasteiger partial charge in [0.2, 0.25) is 0 Å². The molecule has 0 bridgehead atoms. The Labute approximate surface area is 179 Å². The van der Waals surface area contributed by atoms with E-state index in [1.165, 1.54) is 5.56 Å². The Bertz CT molecular complexity index is 820. The zero-order valence-corrected chi connectivity index (χ0v) is 18.6. The number of carbonyl (C=O) groups is 2. The van der Waals surface area contributed by atoms with Crippen molar-refractivity contribution in [3.05, 3.63) is 65.2 Å². The van der Waals surface area contributed by atoms with Crippen molar-refractivity contribution in [3.63, 3.8) is 0 Å². The lowest BCUT2D eigenvalue weighted by Crippen LogP contribution is -2.27. The summed E-state index contributed by atoms with van der Waals surface area (Å²) in [6, 6.07) is 15.0. The summed E-state index contributed by atoms with van der Waals surface area (Å²) in [6.07, 6.45) is -0.524. The van der Waals surface area contributed by atoms with E-state index >= 15 is 0 Å². The van der Waals surface area contributed by atoms with Gasteiger partial charge in [-0.15, -0.1) is 0 Å². The maximum absolute atomic E-state index is 12.4. The summed E-state index contributed by atoms with van der Waals surface area (Å²) >= 11 is 0. The Morgan fingerprint density at radius 2 is 1.47 bits per heavy atom. The lowest BCUT2D eigenvalue weighted by atomic mass is 10.1. The summed E-state index contributed by atoms with van der Waals surface area (Å²) in [5.41, 5.74) is 2.86. The van der Waals surface area contributed by atoms with Gasteiger partial charge < -0.3 is 10.1 Å². The van der Waals surface area contributed by atoms with Gasteiger partial charge in [0, 0.05) is 24.3 Å². The number of hydrogen-bond donors (Lipinski definition) is 2. The number of nitrogens with zero attached hydrogens (tertiary/aromatic N) is 1. The first-order valence-corrected chi connectivity index (χ1v) is 10.4. The van der Waals surface area contributed by atoms with Crippen molar-refractivity contribution in [2.24, 2.45) is 0 Å². The molecular formula is C24H33N3O3. The highest BCUT2D eigenvalue weighted by atomic mass is 16.6. The van der Waals surface area contributed by atoms with E-state index < -0.39 is 11.7 Å². The molecular weight excluding hydrogens is 378 g/mol. The van der Waals surface area contributed by atoms with Crippen LogP contribution in [0.3, 0.4) is 0 Å². The van der Waals surface area contributed by atoms with E-state index in [2.05, 4.69) is 41.5 Å². The normalized spacial score (nSPS) is 11.3. The quantitative estimate of drug-likeness (QED) is 0.654. The SMILES string of the molecule is CCN(CC)Cc1ccc(CNC(=O)c2ccc(NC(=O)OC(C)(C)C)cc2)cc1. The molecule has 0 aliphatic carbocycles. The summed E-state index contributed by atoms with van der Waals surface area (Å²) < 4.78 is 5.22. The van der Waals surface area contributed by atoms with Crippen LogP contribution in [-0.2, 0) is 17.8 Å². The Morgan fingerprint density at radius 3 is 2.00 bits per heavy atom. The molecule has 0 saturated heterocycles. The van der Waals surface area contributed by atoms with Gasteiger partial charge in [0.1, 0.15) is 5.60 Å². The molecule has 0 aromatic heterocycles. The number of anilines is 1. The third-order valence-corrected chi connectivity index (χ3v) is 4.57. The van der Waals surface area contributed by atoms with Crippen LogP contribution in [0.5, 0.6) is 0 Å². The number of rotatable bonds is 8. The predicted octanol–water partition coefficient (Wildman–Crippen LogP) is 4.81. The van der Waals surface area contributed by atoms with Crippen LogP contribution in [-0.4, -0.2) is 35.6 Å².